The summed E-state index contributed by atoms with van der Waals surface area (Å²) in [6.45, 7) is 1.87. The largest absolute Gasteiger partial charge is 0.466 e. The smallest absolute Gasteiger partial charge is 0.336 e. The lowest BCUT2D eigenvalue weighted by atomic mass is 9.72. The van der Waals surface area contributed by atoms with Gasteiger partial charge in [-0.2, -0.15) is 0 Å². The molecule has 1 aliphatic heterocycles. The molecule has 0 radical (unpaired) electrons. The van der Waals surface area contributed by atoms with Crippen LogP contribution in [0.5, 0.6) is 0 Å². The first-order valence-corrected chi connectivity index (χ1v) is 10.4. The molecule has 1 aliphatic carbocycles. The predicted octanol–water partition coefficient (Wildman–Crippen LogP) is 4.98. The molecule has 4 rings (SSSR count). The van der Waals surface area contributed by atoms with Gasteiger partial charge in [-0.1, -0.05) is 64.5 Å². The fourth-order valence-electron chi connectivity index (χ4n) is 4.40. The van der Waals surface area contributed by atoms with Crippen LogP contribution in [0.3, 0.4) is 0 Å². The Balaban J connectivity index is 1.84. The van der Waals surface area contributed by atoms with Crippen molar-refractivity contribution in [3.8, 4) is 0 Å². The zero-order chi connectivity index (χ0) is 20.5. The lowest BCUT2D eigenvalue weighted by Gasteiger charge is -2.37. The Morgan fingerprint density at radius 2 is 1.76 bits per heavy atom. The fourth-order valence-corrected chi connectivity index (χ4v) is 4.91. The van der Waals surface area contributed by atoms with Crippen LogP contribution in [-0.2, 0) is 14.3 Å². The molecule has 5 heteroatoms. The number of benzene rings is 2. The minimum atomic E-state index is -0.446. The van der Waals surface area contributed by atoms with E-state index in [4.69, 9.17) is 4.74 Å². The van der Waals surface area contributed by atoms with Gasteiger partial charge in [0, 0.05) is 33.8 Å². The third-order valence-electron chi connectivity index (χ3n) is 5.72. The molecule has 0 amide bonds. The zero-order valence-electron chi connectivity index (χ0n) is 16.4. The average Bonchev–Trinajstić information content (AvgIpc) is 2.73. The Morgan fingerprint density at radius 3 is 2.45 bits per heavy atom. The summed E-state index contributed by atoms with van der Waals surface area (Å²) < 4.78 is 5.94. The summed E-state index contributed by atoms with van der Waals surface area (Å²) in [5.41, 5.74) is 4.86. The zero-order valence-corrected chi connectivity index (χ0v) is 18.0. The number of dihydropyridines is 1. The van der Waals surface area contributed by atoms with Gasteiger partial charge in [-0.25, -0.2) is 4.79 Å². The maximum absolute atomic E-state index is 13.4. The molecule has 29 heavy (non-hydrogen) atoms. The highest BCUT2D eigenvalue weighted by molar-refractivity contribution is 9.10. The van der Waals surface area contributed by atoms with Crippen LogP contribution in [0.4, 0.5) is 0 Å². The molecule has 1 N–H and O–H groups in total. The van der Waals surface area contributed by atoms with Gasteiger partial charge >= 0.3 is 5.97 Å². The monoisotopic (exact) mass is 451 g/mol. The van der Waals surface area contributed by atoms with Crippen LogP contribution in [0, 0.1) is 0 Å². The standard InChI is InChI=1S/C24H22BrNO3/c1-14-21(24(28)29-2)22(17-10-6-7-11-18(17)25)23-19(26-14)12-16(13-20(23)27)15-8-4-3-5-9-15/h3-11,16,22,26H,12-13H2,1-2H3/t16-,22+/m0/s1. The quantitative estimate of drug-likeness (QED) is 0.668. The van der Waals surface area contributed by atoms with Crippen LogP contribution in [0.2, 0.25) is 0 Å². The summed E-state index contributed by atoms with van der Waals surface area (Å²) in [6.07, 6.45) is 1.16. The molecule has 0 unspecified atom stereocenters. The van der Waals surface area contributed by atoms with E-state index in [0.717, 1.165) is 33.4 Å². The van der Waals surface area contributed by atoms with Gasteiger partial charge in [0.1, 0.15) is 0 Å². The summed E-state index contributed by atoms with van der Waals surface area (Å²) in [7, 11) is 1.37. The molecule has 2 aromatic carbocycles. The van der Waals surface area contributed by atoms with E-state index in [2.05, 4.69) is 33.4 Å². The maximum atomic E-state index is 13.4. The number of methoxy groups -OCH3 is 1. The number of carbonyl (C=O) groups excluding carboxylic acids is 2. The molecule has 0 saturated heterocycles. The topological polar surface area (TPSA) is 55.4 Å². The lowest BCUT2D eigenvalue weighted by Crippen LogP contribution is -2.36. The molecule has 4 nitrogen and oxygen atoms in total. The first-order chi connectivity index (χ1) is 14.0. The number of Topliss-reactive ketones (excluding diaryl/α,β-unsaturated/α-hetero) is 1. The third kappa shape index (κ3) is 3.55. The molecule has 0 saturated carbocycles. The van der Waals surface area contributed by atoms with Crippen LogP contribution in [0.15, 0.2) is 81.6 Å². The molecule has 0 fully saturated rings. The van der Waals surface area contributed by atoms with Crippen LogP contribution in [0.1, 0.15) is 42.7 Å². The molecule has 0 aromatic heterocycles. The van der Waals surface area contributed by atoms with Crippen LogP contribution in [0.25, 0.3) is 0 Å². The van der Waals surface area contributed by atoms with Gasteiger partial charge in [-0.05, 0) is 36.5 Å². The number of ketones is 1. The Hall–Kier alpha value is -2.66. The molecule has 0 bridgehead atoms. The summed E-state index contributed by atoms with van der Waals surface area (Å²) in [6, 6.07) is 17.9. The summed E-state index contributed by atoms with van der Waals surface area (Å²) >= 11 is 3.61. The van der Waals surface area contributed by atoms with Gasteiger partial charge < -0.3 is 10.1 Å². The van der Waals surface area contributed by atoms with Gasteiger partial charge in [0.15, 0.2) is 5.78 Å². The summed E-state index contributed by atoms with van der Waals surface area (Å²) in [5, 5.41) is 3.36. The van der Waals surface area contributed by atoms with E-state index in [1.54, 1.807) is 0 Å². The Labute approximate surface area is 178 Å². The first kappa shape index (κ1) is 19.6. The minimum Gasteiger partial charge on any atom is -0.466 e. The fraction of sp³-hybridized carbons (Fsp3) is 0.250. The predicted molar refractivity (Wildman–Crippen MR) is 115 cm³/mol. The SMILES string of the molecule is COC(=O)C1=C(C)NC2=C(C(=O)C[C@@H](c3ccccc3)C2)[C@@H]1c1ccccc1Br. The number of rotatable bonds is 3. The van der Waals surface area contributed by atoms with Crippen molar-refractivity contribution in [2.24, 2.45) is 0 Å². The first-order valence-electron chi connectivity index (χ1n) is 9.63. The highest BCUT2D eigenvalue weighted by atomic mass is 79.9. The number of hydrogen-bond donors (Lipinski definition) is 1. The third-order valence-corrected chi connectivity index (χ3v) is 6.44. The van der Waals surface area contributed by atoms with Gasteiger partial charge in [0.25, 0.3) is 0 Å². The van der Waals surface area contributed by atoms with E-state index in [-0.39, 0.29) is 11.7 Å². The number of nitrogens with one attached hydrogen (secondary N) is 1. The second-order valence-electron chi connectivity index (χ2n) is 7.44. The van der Waals surface area contributed by atoms with E-state index in [1.807, 2.05) is 49.4 Å². The van der Waals surface area contributed by atoms with Gasteiger partial charge in [-0.15, -0.1) is 0 Å². The van der Waals surface area contributed by atoms with Crippen molar-refractivity contribution in [2.45, 2.75) is 31.6 Å². The minimum absolute atomic E-state index is 0.0715. The molecule has 1 heterocycles. The van der Waals surface area contributed by atoms with Crippen molar-refractivity contribution >= 4 is 27.7 Å². The molecule has 2 atom stereocenters. The van der Waals surface area contributed by atoms with Crippen molar-refractivity contribution in [2.75, 3.05) is 7.11 Å². The van der Waals surface area contributed by atoms with Crippen molar-refractivity contribution in [1.82, 2.24) is 5.32 Å². The van der Waals surface area contributed by atoms with Gasteiger partial charge in [-0.3, -0.25) is 4.79 Å². The summed E-state index contributed by atoms with van der Waals surface area (Å²) in [4.78, 5) is 26.1. The summed E-state index contributed by atoms with van der Waals surface area (Å²) in [5.74, 6) is -0.664. The highest BCUT2D eigenvalue weighted by Gasteiger charge is 2.41. The Bertz CT molecular complexity index is 1040. The van der Waals surface area contributed by atoms with E-state index in [0.29, 0.717) is 17.6 Å². The van der Waals surface area contributed by atoms with Crippen LogP contribution < -0.4 is 5.32 Å². The second kappa shape index (κ2) is 7.99. The average molecular weight is 452 g/mol. The number of ether oxygens (including phenoxy) is 1. The molecule has 2 aliphatic rings. The Kier molecular flexibility index (Phi) is 5.41. The van der Waals surface area contributed by atoms with Crippen LogP contribution in [-0.4, -0.2) is 18.9 Å². The normalized spacial score (nSPS) is 21.6. The van der Waals surface area contributed by atoms with Crippen molar-refractivity contribution in [1.29, 1.82) is 0 Å². The van der Waals surface area contributed by atoms with Crippen molar-refractivity contribution in [3.05, 3.63) is 92.7 Å². The molecular weight excluding hydrogens is 430 g/mol. The number of allylic oxidation sites excluding steroid dienone is 3. The molecule has 148 valence electrons. The number of carbonyl (C=O) groups is 2. The maximum Gasteiger partial charge on any atom is 0.336 e. The lowest BCUT2D eigenvalue weighted by molar-refractivity contribution is -0.136. The molecule has 0 spiro atoms. The van der Waals surface area contributed by atoms with E-state index in [1.165, 1.54) is 7.11 Å². The number of hydrogen-bond acceptors (Lipinski definition) is 4. The van der Waals surface area contributed by atoms with Gasteiger partial charge in [0.05, 0.1) is 12.7 Å². The van der Waals surface area contributed by atoms with Crippen molar-refractivity contribution < 1.29 is 14.3 Å². The van der Waals surface area contributed by atoms with E-state index < -0.39 is 11.9 Å². The van der Waals surface area contributed by atoms with Crippen LogP contribution >= 0.6 is 15.9 Å². The van der Waals surface area contributed by atoms with E-state index in [9.17, 15) is 9.59 Å². The second-order valence-corrected chi connectivity index (χ2v) is 8.30. The molecular formula is C24H22BrNO3. The van der Waals surface area contributed by atoms with Gasteiger partial charge in [0.2, 0.25) is 0 Å². The Morgan fingerprint density at radius 1 is 1.07 bits per heavy atom. The molecule has 2 aromatic rings. The number of esters is 1. The number of halogens is 1. The highest BCUT2D eigenvalue weighted by Crippen LogP contribution is 2.47. The van der Waals surface area contributed by atoms with Crippen molar-refractivity contribution in [3.63, 3.8) is 0 Å². The van der Waals surface area contributed by atoms with E-state index >= 15 is 0 Å².